The van der Waals surface area contributed by atoms with Gasteiger partial charge in [-0.05, 0) is 13.0 Å². The lowest BCUT2D eigenvalue weighted by molar-refractivity contribution is -0.153. The Kier molecular flexibility index (Phi) is 3.94. The van der Waals surface area contributed by atoms with E-state index in [1.807, 2.05) is 0 Å². The Morgan fingerprint density at radius 2 is 2.00 bits per heavy atom. The standard InChI is InChI=1S/C12H14N2O4S/c1-8(12(17)18)19-11-4-2-3-7-13(11)14-9(15)5-6-10(14)16/h2-4,7-8,11H,5-6H2,1H3,(H,17,18). The summed E-state index contributed by atoms with van der Waals surface area (Å²) in [4.78, 5) is 34.4. The number of carbonyl (C=O) groups is 3. The molecule has 1 N–H and O–H groups in total. The van der Waals surface area contributed by atoms with Crippen molar-refractivity contribution in [2.75, 3.05) is 0 Å². The van der Waals surface area contributed by atoms with Gasteiger partial charge in [-0.25, -0.2) is 0 Å². The molecule has 1 fully saturated rings. The van der Waals surface area contributed by atoms with Crippen molar-refractivity contribution in [3.05, 3.63) is 24.4 Å². The van der Waals surface area contributed by atoms with E-state index < -0.39 is 11.2 Å². The van der Waals surface area contributed by atoms with Crippen molar-refractivity contribution in [3.63, 3.8) is 0 Å². The lowest BCUT2D eigenvalue weighted by atomic mass is 10.4. The first-order valence-electron chi connectivity index (χ1n) is 5.88. The van der Waals surface area contributed by atoms with Crippen LogP contribution in [-0.2, 0) is 14.4 Å². The number of nitrogens with zero attached hydrogens (tertiary/aromatic N) is 2. The van der Waals surface area contributed by atoms with Crippen molar-refractivity contribution < 1.29 is 19.5 Å². The summed E-state index contributed by atoms with van der Waals surface area (Å²) in [7, 11) is 0. The molecule has 2 heterocycles. The molecule has 2 aliphatic rings. The highest BCUT2D eigenvalue weighted by Crippen LogP contribution is 2.29. The lowest BCUT2D eigenvalue weighted by Crippen LogP contribution is -2.47. The van der Waals surface area contributed by atoms with Crippen LogP contribution >= 0.6 is 11.8 Å². The fourth-order valence-electron chi connectivity index (χ4n) is 1.85. The van der Waals surface area contributed by atoms with E-state index in [1.165, 1.54) is 16.8 Å². The van der Waals surface area contributed by atoms with Gasteiger partial charge in [-0.2, -0.15) is 5.01 Å². The maximum Gasteiger partial charge on any atom is 0.316 e. The van der Waals surface area contributed by atoms with Gasteiger partial charge in [0.1, 0.15) is 10.6 Å². The van der Waals surface area contributed by atoms with E-state index in [-0.39, 0.29) is 30.0 Å². The predicted octanol–water partition coefficient (Wildman–Crippen LogP) is 0.968. The van der Waals surface area contributed by atoms with Gasteiger partial charge >= 0.3 is 5.97 Å². The van der Waals surface area contributed by atoms with Gasteiger partial charge in [0.15, 0.2) is 0 Å². The van der Waals surface area contributed by atoms with Gasteiger partial charge in [0.2, 0.25) is 11.8 Å². The van der Waals surface area contributed by atoms with Crippen LogP contribution in [0, 0.1) is 0 Å². The quantitative estimate of drug-likeness (QED) is 0.774. The van der Waals surface area contributed by atoms with Crippen LogP contribution in [0.5, 0.6) is 0 Å². The molecule has 0 aromatic carbocycles. The number of hydrogen-bond donors (Lipinski definition) is 1. The smallest absolute Gasteiger partial charge is 0.316 e. The Morgan fingerprint density at radius 3 is 2.58 bits per heavy atom. The first kappa shape index (κ1) is 13.7. The zero-order valence-electron chi connectivity index (χ0n) is 10.4. The van der Waals surface area contributed by atoms with Gasteiger partial charge in [0.25, 0.3) is 0 Å². The summed E-state index contributed by atoms with van der Waals surface area (Å²) in [5.41, 5.74) is 0. The molecule has 2 aliphatic heterocycles. The average Bonchev–Trinajstić information content (AvgIpc) is 2.70. The van der Waals surface area contributed by atoms with Crippen LogP contribution in [0.15, 0.2) is 24.4 Å². The molecule has 0 saturated carbocycles. The summed E-state index contributed by atoms with van der Waals surface area (Å²) in [6.45, 7) is 1.57. The largest absolute Gasteiger partial charge is 0.480 e. The highest BCUT2D eigenvalue weighted by atomic mass is 32.2. The second-order valence-electron chi connectivity index (χ2n) is 4.21. The molecule has 6 nitrogen and oxygen atoms in total. The van der Waals surface area contributed by atoms with Gasteiger partial charge in [0.05, 0.1) is 0 Å². The van der Waals surface area contributed by atoms with Crippen LogP contribution in [-0.4, -0.2) is 43.5 Å². The SMILES string of the molecule is CC(SC1C=CC=CN1N1C(=O)CCC1=O)C(=O)O. The molecule has 102 valence electrons. The van der Waals surface area contributed by atoms with Crippen molar-refractivity contribution in [1.82, 2.24) is 10.0 Å². The summed E-state index contributed by atoms with van der Waals surface area (Å²) >= 11 is 1.17. The molecular weight excluding hydrogens is 268 g/mol. The number of carbonyl (C=O) groups excluding carboxylic acids is 2. The third kappa shape index (κ3) is 2.81. The van der Waals surface area contributed by atoms with E-state index in [9.17, 15) is 14.4 Å². The van der Waals surface area contributed by atoms with E-state index in [1.54, 1.807) is 31.4 Å². The van der Waals surface area contributed by atoms with Crippen molar-refractivity contribution in [3.8, 4) is 0 Å². The summed E-state index contributed by atoms with van der Waals surface area (Å²) in [5, 5.41) is 10.5. The monoisotopic (exact) mass is 282 g/mol. The fourth-order valence-corrected chi connectivity index (χ4v) is 2.85. The number of aliphatic carboxylic acids is 1. The number of hydrogen-bond acceptors (Lipinski definition) is 5. The molecule has 0 aromatic rings. The summed E-state index contributed by atoms with van der Waals surface area (Å²) in [6.07, 6.45) is 7.28. The highest BCUT2D eigenvalue weighted by molar-refractivity contribution is 8.01. The minimum absolute atomic E-state index is 0.207. The normalized spacial score (nSPS) is 24.2. The third-order valence-electron chi connectivity index (χ3n) is 2.83. The van der Waals surface area contributed by atoms with Crippen LogP contribution < -0.4 is 0 Å². The molecule has 1 saturated heterocycles. The minimum Gasteiger partial charge on any atom is -0.480 e. The third-order valence-corrected chi connectivity index (χ3v) is 4.10. The van der Waals surface area contributed by atoms with Gasteiger partial charge in [-0.15, -0.1) is 11.8 Å². The number of amides is 2. The van der Waals surface area contributed by atoms with E-state index in [0.717, 1.165) is 5.01 Å². The van der Waals surface area contributed by atoms with Crippen molar-refractivity contribution in [2.24, 2.45) is 0 Å². The minimum atomic E-state index is -0.924. The molecule has 0 spiro atoms. The van der Waals surface area contributed by atoms with Crippen LogP contribution in [0.4, 0.5) is 0 Å². The first-order chi connectivity index (χ1) is 9.00. The van der Waals surface area contributed by atoms with Crippen LogP contribution in [0.2, 0.25) is 0 Å². The molecule has 0 aliphatic carbocycles. The zero-order valence-corrected chi connectivity index (χ0v) is 11.2. The van der Waals surface area contributed by atoms with E-state index in [4.69, 9.17) is 5.11 Å². The average molecular weight is 282 g/mol. The molecule has 0 bridgehead atoms. The van der Waals surface area contributed by atoms with Gasteiger partial charge < -0.3 is 5.11 Å². The number of carboxylic acids is 1. The number of allylic oxidation sites excluding steroid dienone is 2. The highest BCUT2D eigenvalue weighted by Gasteiger charge is 2.36. The molecular formula is C12H14N2O4S. The first-order valence-corrected chi connectivity index (χ1v) is 6.82. The van der Waals surface area contributed by atoms with Crippen molar-refractivity contribution in [1.29, 1.82) is 0 Å². The summed E-state index contributed by atoms with van der Waals surface area (Å²) in [6, 6.07) is 0. The predicted molar refractivity (Wildman–Crippen MR) is 69.7 cm³/mol. The summed E-state index contributed by atoms with van der Waals surface area (Å²) in [5.74, 6) is -1.43. The molecule has 2 atom stereocenters. The Balaban J connectivity index is 2.15. The molecule has 2 amide bonds. The van der Waals surface area contributed by atoms with E-state index in [2.05, 4.69) is 0 Å². The Labute approximate surface area is 114 Å². The molecule has 19 heavy (non-hydrogen) atoms. The Morgan fingerprint density at radius 1 is 1.37 bits per heavy atom. The molecule has 2 rings (SSSR count). The lowest BCUT2D eigenvalue weighted by Gasteiger charge is -2.36. The number of thioether (sulfide) groups is 1. The second kappa shape index (κ2) is 5.48. The fraction of sp³-hybridized carbons (Fsp3) is 0.417. The van der Waals surface area contributed by atoms with Gasteiger partial charge in [0, 0.05) is 19.0 Å². The molecule has 0 radical (unpaired) electrons. The number of imide groups is 1. The maximum atomic E-state index is 11.7. The Hall–Kier alpha value is -1.76. The molecule has 0 aromatic heterocycles. The maximum absolute atomic E-state index is 11.7. The zero-order chi connectivity index (χ0) is 14.0. The van der Waals surface area contributed by atoms with Crippen LogP contribution in [0.3, 0.4) is 0 Å². The topological polar surface area (TPSA) is 77.9 Å². The van der Waals surface area contributed by atoms with Crippen molar-refractivity contribution >= 4 is 29.5 Å². The van der Waals surface area contributed by atoms with Crippen LogP contribution in [0.25, 0.3) is 0 Å². The summed E-state index contributed by atoms with van der Waals surface area (Å²) < 4.78 is 0. The van der Waals surface area contributed by atoms with Crippen molar-refractivity contribution in [2.45, 2.75) is 30.4 Å². The van der Waals surface area contributed by atoms with Gasteiger partial charge in [-0.1, -0.05) is 12.2 Å². The second-order valence-corrected chi connectivity index (χ2v) is 5.68. The number of rotatable bonds is 4. The van der Waals surface area contributed by atoms with Gasteiger partial charge in [-0.3, -0.25) is 19.4 Å². The Bertz CT molecular complexity index is 458. The van der Waals surface area contributed by atoms with E-state index in [0.29, 0.717) is 0 Å². The number of hydrazine groups is 1. The molecule has 7 heteroatoms. The number of carboxylic acid groups (broad SMARTS) is 1. The molecule has 2 unspecified atom stereocenters. The van der Waals surface area contributed by atoms with Crippen LogP contribution in [0.1, 0.15) is 19.8 Å². The van der Waals surface area contributed by atoms with E-state index >= 15 is 0 Å².